The van der Waals surface area contributed by atoms with E-state index in [2.05, 4.69) is 9.88 Å². The molecular weight excluding hydrogens is 228 g/mol. The largest absolute Gasteiger partial charge is 0.384 e. The standard InChI is InChI=1S/C13H18N4O/c14-12-7-10(3-4-15-12)8-16-5-6-17-11(9-16)1-2-13(17)18/h3-4,7,11H,1-2,5-6,8-9H2,(H2,14,15). The summed E-state index contributed by atoms with van der Waals surface area (Å²) in [6.07, 6.45) is 3.48. The molecule has 0 aromatic carbocycles. The fraction of sp³-hybridized carbons (Fsp3) is 0.538. The summed E-state index contributed by atoms with van der Waals surface area (Å²) < 4.78 is 0. The molecule has 2 aliphatic rings. The van der Waals surface area contributed by atoms with Gasteiger partial charge >= 0.3 is 0 Å². The van der Waals surface area contributed by atoms with Crippen molar-refractivity contribution in [3.05, 3.63) is 23.9 Å². The number of hydrogen-bond donors (Lipinski definition) is 1. The quantitative estimate of drug-likeness (QED) is 0.824. The second-order valence-corrected chi connectivity index (χ2v) is 5.10. The van der Waals surface area contributed by atoms with E-state index in [0.29, 0.717) is 17.8 Å². The first kappa shape index (κ1) is 11.5. The third-order valence-corrected chi connectivity index (χ3v) is 3.83. The van der Waals surface area contributed by atoms with Gasteiger partial charge in [-0.1, -0.05) is 0 Å². The molecule has 1 amide bonds. The number of carbonyl (C=O) groups excluding carboxylic acids is 1. The molecule has 1 aromatic rings. The van der Waals surface area contributed by atoms with Crippen LogP contribution in [0, 0.1) is 0 Å². The summed E-state index contributed by atoms with van der Waals surface area (Å²) in [4.78, 5) is 20.0. The molecule has 0 bridgehead atoms. The second kappa shape index (κ2) is 4.57. The number of nitrogens with two attached hydrogens (primary N) is 1. The summed E-state index contributed by atoms with van der Waals surface area (Å²) in [6.45, 7) is 3.69. The normalized spacial score (nSPS) is 24.3. The number of piperazine rings is 1. The molecular formula is C13H18N4O. The number of aromatic nitrogens is 1. The molecule has 0 saturated carbocycles. The van der Waals surface area contributed by atoms with E-state index in [1.54, 1.807) is 6.20 Å². The Morgan fingerprint density at radius 1 is 1.44 bits per heavy atom. The van der Waals surface area contributed by atoms with Crippen molar-refractivity contribution in [3.8, 4) is 0 Å². The molecule has 0 spiro atoms. The van der Waals surface area contributed by atoms with Crippen LogP contribution in [-0.2, 0) is 11.3 Å². The average molecular weight is 246 g/mol. The van der Waals surface area contributed by atoms with Gasteiger partial charge in [0.25, 0.3) is 0 Å². The number of nitrogen functional groups attached to an aromatic ring is 1. The summed E-state index contributed by atoms with van der Waals surface area (Å²) in [5.74, 6) is 0.898. The number of fused-ring (bicyclic) bond motifs is 1. The molecule has 2 N–H and O–H groups in total. The monoisotopic (exact) mass is 246 g/mol. The van der Waals surface area contributed by atoms with Crippen LogP contribution in [0.4, 0.5) is 5.82 Å². The fourth-order valence-corrected chi connectivity index (χ4v) is 2.92. The van der Waals surface area contributed by atoms with Gasteiger partial charge in [-0.05, 0) is 24.1 Å². The van der Waals surface area contributed by atoms with Crippen molar-refractivity contribution < 1.29 is 4.79 Å². The van der Waals surface area contributed by atoms with E-state index in [0.717, 1.165) is 39.0 Å². The van der Waals surface area contributed by atoms with Crippen molar-refractivity contribution in [3.63, 3.8) is 0 Å². The van der Waals surface area contributed by atoms with Gasteiger partial charge in [0.15, 0.2) is 0 Å². The van der Waals surface area contributed by atoms with E-state index in [-0.39, 0.29) is 0 Å². The van der Waals surface area contributed by atoms with Crippen LogP contribution in [0.25, 0.3) is 0 Å². The van der Waals surface area contributed by atoms with Gasteiger partial charge in [-0.15, -0.1) is 0 Å². The Morgan fingerprint density at radius 2 is 2.33 bits per heavy atom. The highest BCUT2D eigenvalue weighted by Gasteiger charge is 2.35. The number of carbonyl (C=O) groups is 1. The highest BCUT2D eigenvalue weighted by molar-refractivity contribution is 5.78. The minimum absolute atomic E-state index is 0.327. The van der Waals surface area contributed by atoms with Crippen LogP contribution in [0.5, 0.6) is 0 Å². The van der Waals surface area contributed by atoms with Crippen molar-refractivity contribution >= 4 is 11.7 Å². The summed E-state index contributed by atoms with van der Waals surface area (Å²) in [7, 11) is 0. The first-order valence-electron chi connectivity index (χ1n) is 6.44. The molecule has 1 unspecified atom stereocenters. The third kappa shape index (κ3) is 2.18. The van der Waals surface area contributed by atoms with Gasteiger partial charge < -0.3 is 10.6 Å². The molecule has 0 aliphatic carbocycles. The Labute approximate surface area is 107 Å². The van der Waals surface area contributed by atoms with Crippen molar-refractivity contribution in [2.24, 2.45) is 0 Å². The lowest BCUT2D eigenvalue weighted by atomic mass is 10.1. The van der Waals surface area contributed by atoms with E-state index in [4.69, 9.17) is 5.73 Å². The number of hydrogen-bond acceptors (Lipinski definition) is 4. The highest BCUT2D eigenvalue weighted by Crippen LogP contribution is 2.23. The van der Waals surface area contributed by atoms with Gasteiger partial charge in [-0.2, -0.15) is 0 Å². The maximum absolute atomic E-state index is 11.6. The molecule has 18 heavy (non-hydrogen) atoms. The van der Waals surface area contributed by atoms with Crippen molar-refractivity contribution in [2.45, 2.75) is 25.4 Å². The number of nitrogens with zero attached hydrogens (tertiary/aromatic N) is 3. The topological polar surface area (TPSA) is 62.5 Å². The molecule has 0 radical (unpaired) electrons. The average Bonchev–Trinajstić information content (AvgIpc) is 2.71. The highest BCUT2D eigenvalue weighted by atomic mass is 16.2. The maximum atomic E-state index is 11.6. The zero-order valence-electron chi connectivity index (χ0n) is 10.4. The van der Waals surface area contributed by atoms with Gasteiger partial charge in [-0.25, -0.2) is 4.98 Å². The Hall–Kier alpha value is -1.62. The molecule has 3 heterocycles. The van der Waals surface area contributed by atoms with Gasteiger partial charge in [-0.3, -0.25) is 9.69 Å². The molecule has 1 aromatic heterocycles. The van der Waals surface area contributed by atoms with Gasteiger partial charge in [0.2, 0.25) is 5.91 Å². The lowest BCUT2D eigenvalue weighted by molar-refractivity contribution is -0.130. The van der Waals surface area contributed by atoms with Gasteiger partial charge in [0.1, 0.15) is 5.82 Å². The minimum Gasteiger partial charge on any atom is -0.384 e. The van der Waals surface area contributed by atoms with E-state index in [9.17, 15) is 4.79 Å². The molecule has 1 atom stereocenters. The lowest BCUT2D eigenvalue weighted by Crippen LogP contribution is -2.50. The van der Waals surface area contributed by atoms with Crippen molar-refractivity contribution in [1.82, 2.24) is 14.8 Å². The van der Waals surface area contributed by atoms with Crippen LogP contribution >= 0.6 is 0 Å². The van der Waals surface area contributed by atoms with Crippen LogP contribution in [-0.4, -0.2) is 46.4 Å². The number of anilines is 1. The summed E-state index contributed by atoms with van der Waals surface area (Å²) in [6, 6.07) is 4.35. The second-order valence-electron chi connectivity index (χ2n) is 5.10. The number of pyridine rings is 1. The zero-order chi connectivity index (χ0) is 12.5. The number of amides is 1. The minimum atomic E-state index is 0.327. The van der Waals surface area contributed by atoms with Crippen LogP contribution in [0.2, 0.25) is 0 Å². The van der Waals surface area contributed by atoms with Crippen molar-refractivity contribution in [2.75, 3.05) is 25.4 Å². The maximum Gasteiger partial charge on any atom is 0.222 e. The first-order chi connectivity index (χ1) is 8.72. The predicted molar refractivity (Wildman–Crippen MR) is 68.7 cm³/mol. The molecule has 2 fully saturated rings. The van der Waals surface area contributed by atoms with Crippen LogP contribution in [0.15, 0.2) is 18.3 Å². The van der Waals surface area contributed by atoms with Crippen LogP contribution < -0.4 is 5.73 Å². The molecule has 2 saturated heterocycles. The number of rotatable bonds is 2. The summed E-state index contributed by atoms with van der Waals surface area (Å²) in [5.41, 5.74) is 6.88. The summed E-state index contributed by atoms with van der Waals surface area (Å²) >= 11 is 0. The zero-order valence-corrected chi connectivity index (χ0v) is 10.4. The van der Waals surface area contributed by atoms with Gasteiger partial charge in [0, 0.05) is 44.8 Å². The van der Waals surface area contributed by atoms with E-state index < -0.39 is 0 Å². The SMILES string of the molecule is Nc1cc(CN2CCN3C(=O)CCC3C2)ccn1. The van der Waals surface area contributed by atoms with Gasteiger partial charge in [0.05, 0.1) is 0 Å². The Bertz CT molecular complexity index is 462. The molecule has 5 nitrogen and oxygen atoms in total. The lowest BCUT2D eigenvalue weighted by Gasteiger charge is -2.37. The summed E-state index contributed by atoms with van der Waals surface area (Å²) in [5, 5.41) is 0. The third-order valence-electron chi connectivity index (χ3n) is 3.83. The Morgan fingerprint density at radius 3 is 3.17 bits per heavy atom. The Balaban J connectivity index is 1.64. The molecule has 96 valence electrons. The first-order valence-corrected chi connectivity index (χ1v) is 6.44. The fourth-order valence-electron chi connectivity index (χ4n) is 2.92. The van der Waals surface area contributed by atoms with E-state index >= 15 is 0 Å². The van der Waals surface area contributed by atoms with Crippen LogP contribution in [0.1, 0.15) is 18.4 Å². The smallest absolute Gasteiger partial charge is 0.222 e. The van der Waals surface area contributed by atoms with Crippen LogP contribution in [0.3, 0.4) is 0 Å². The molecule has 2 aliphatic heterocycles. The molecule has 5 heteroatoms. The molecule has 3 rings (SSSR count). The predicted octanol–water partition coefficient (Wildman–Crippen LogP) is 0.470. The van der Waals surface area contributed by atoms with E-state index in [1.165, 1.54) is 5.56 Å². The Kier molecular flexibility index (Phi) is 2.91. The van der Waals surface area contributed by atoms with Crippen molar-refractivity contribution in [1.29, 1.82) is 0 Å². The van der Waals surface area contributed by atoms with E-state index in [1.807, 2.05) is 17.0 Å².